The lowest BCUT2D eigenvalue weighted by Gasteiger charge is -2.21. The number of carbonyl (C=O) groups is 1. The summed E-state index contributed by atoms with van der Waals surface area (Å²) in [7, 11) is 0. The molecule has 1 fully saturated rings. The van der Waals surface area contributed by atoms with Crippen LogP contribution in [0, 0.1) is 5.92 Å². The van der Waals surface area contributed by atoms with E-state index < -0.39 is 5.97 Å². The minimum Gasteiger partial charge on any atom is -0.481 e. The fraction of sp³-hybridized carbons (Fsp3) is 0.636. The van der Waals surface area contributed by atoms with Crippen molar-refractivity contribution in [3.63, 3.8) is 0 Å². The highest BCUT2D eigenvalue weighted by Gasteiger charge is 2.23. The van der Waals surface area contributed by atoms with Gasteiger partial charge in [-0.25, -0.2) is 4.98 Å². The van der Waals surface area contributed by atoms with E-state index in [1.54, 1.807) is 6.20 Å². The monoisotopic (exact) mass is 400 g/mol. The highest BCUT2D eigenvalue weighted by Crippen LogP contribution is 2.31. The lowest BCUT2D eigenvalue weighted by atomic mass is 9.84. The van der Waals surface area contributed by atoms with Crippen molar-refractivity contribution >= 4 is 11.8 Å². The van der Waals surface area contributed by atoms with Crippen LogP contribution >= 0.6 is 0 Å². The maximum atomic E-state index is 11.3. The number of anilines is 1. The molecule has 29 heavy (non-hydrogen) atoms. The number of pyridine rings is 1. The Kier molecular flexibility index (Phi) is 7.61. The Labute approximate surface area is 172 Å². The van der Waals surface area contributed by atoms with E-state index >= 15 is 0 Å². The van der Waals surface area contributed by atoms with Crippen molar-refractivity contribution in [2.75, 3.05) is 5.32 Å². The second kappa shape index (κ2) is 10.4. The minimum atomic E-state index is -0.835. The van der Waals surface area contributed by atoms with Gasteiger partial charge in [0.2, 0.25) is 11.7 Å². The summed E-state index contributed by atoms with van der Waals surface area (Å²) in [6.45, 7) is 4.11. The van der Waals surface area contributed by atoms with Crippen LogP contribution in [0.5, 0.6) is 0 Å². The normalized spacial score (nSPS) is 16.1. The second-order valence-corrected chi connectivity index (χ2v) is 8.42. The van der Waals surface area contributed by atoms with E-state index in [1.165, 1.54) is 32.1 Å². The summed E-state index contributed by atoms with van der Waals surface area (Å²) in [5, 5.41) is 16.6. The van der Waals surface area contributed by atoms with Crippen LogP contribution in [-0.2, 0) is 4.79 Å². The molecule has 2 aromatic rings. The molecule has 0 aliphatic heterocycles. The summed E-state index contributed by atoms with van der Waals surface area (Å²) in [6.07, 6.45) is 11.3. The average molecular weight is 401 g/mol. The smallest absolute Gasteiger partial charge is 0.304 e. The molecule has 158 valence electrons. The van der Waals surface area contributed by atoms with E-state index in [4.69, 9.17) is 4.52 Å². The largest absolute Gasteiger partial charge is 0.481 e. The van der Waals surface area contributed by atoms with Gasteiger partial charge in [-0.05, 0) is 38.3 Å². The molecule has 1 saturated carbocycles. The van der Waals surface area contributed by atoms with Gasteiger partial charge in [0.1, 0.15) is 5.82 Å². The molecule has 0 aromatic carbocycles. The van der Waals surface area contributed by atoms with Gasteiger partial charge in [-0.2, -0.15) is 4.98 Å². The van der Waals surface area contributed by atoms with Gasteiger partial charge in [-0.3, -0.25) is 4.79 Å². The molecule has 3 rings (SSSR count). The van der Waals surface area contributed by atoms with Crippen LogP contribution in [0.15, 0.2) is 22.9 Å². The molecular formula is C22H32N4O3. The summed E-state index contributed by atoms with van der Waals surface area (Å²) in [4.78, 5) is 20.2. The Balaban J connectivity index is 1.62. The van der Waals surface area contributed by atoms with Crippen LogP contribution < -0.4 is 5.32 Å². The second-order valence-electron chi connectivity index (χ2n) is 8.42. The number of aliphatic carboxylic acids is 1. The Hall–Kier alpha value is -2.44. The molecule has 0 bridgehead atoms. The van der Waals surface area contributed by atoms with E-state index in [2.05, 4.69) is 34.3 Å². The first-order chi connectivity index (χ1) is 14.0. The van der Waals surface area contributed by atoms with Gasteiger partial charge in [0.25, 0.3) is 0 Å². The van der Waals surface area contributed by atoms with Gasteiger partial charge in [-0.1, -0.05) is 50.1 Å². The average Bonchev–Trinajstić information content (AvgIpc) is 3.18. The van der Waals surface area contributed by atoms with Crippen LogP contribution in [0.3, 0.4) is 0 Å². The zero-order valence-electron chi connectivity index (χ0n) is 17.4. The Bertz CT molecular complexity index is 767. The highest BCUT2D eigenvalue weighted by atomic mass is 16.5. The zero-order valence-corrected chi connectivity index (χ0v) is 17.4. The number of rotatable bonds is 10. The van der Waals surface area contributed by atoms with Gasteiger partial charge in [-0.15, -0.1) is 0 Å². The maximum absolute atomic E-state index is 11.3. The van der Waals surface area contributed by atoms with Crippen LogP contribution in [0.1, 0.15) is 83.4 Å². The summed E-state index contributed by atoms with van der Waals surface area (Å²) < 4.78 is 5.45. The van der Waals surface area contributed by atoms with Crippen molar-refractivity contribution in [1.29, 1.82) is 0 Å². The number of nitrogens with one attached hydrogen (secondary N) is 1. The fourth-order valence-corrected chi connectivity index (χ4v) is 4.08. The number of carboxylic acids is 1. The van der Waals surface area contributed by atoms with Gasteiger partial charge in [0.15, 0.2) is 0 Å². The van der Waals surface area contributed by atoms with Crippen molar-refractivity contribution < 1.29 is 14.4 Å². The molecule has 0 unspecified atom stereocenters. The molecule has 2 aromatic heterocycles. The Morgan fingerprint density at radius 2 is 2.07 bits per heavy atom. The lowest BCUT2D eigenvalue weighted by Crippen LogP contribution is -2.10. The minimum absolute atomic E-state index is 0.0157. The van der Waals surface area contributed by atoms with Gasteiger partial charge in [0.05, 0.1) is 6.42 Å². The number of aromatic nitrogens is 3. The molecular weight excluding hydrogens is 368 g/mol. The zero-order chi connectivity index (χ0) is 20.6. The van der Waals surface area contributed by atoms with E-state index in [0.29, 0.717) is 17.8 Å². The van der Waals surface area contributed by atoms with Crippen LogP contribution in [0.4, 0.5) is 5.82 Å². The standard InChI is InChI=1S/C22H32N4O3/c1-15(2)24-19-12-11-18(14-23-19)21-25-22(29-26-21)17(13-20(27)28)10-6-9-16-7-4-3-5-8-16/h11-12,14-17H,3-10,13H2,1-2H3,(H,23,24)(H,27,28)/t17-/m1/s1. The van der Waals surface area contributed by atoms with Gasteiger partial charge < -0.3 is 14.9 Å². The molecule has 0 saturated heterocycles. The van der Waals surface area contributed by atoms with Gasteiger partial charge in [0, 0.05) is 23.7 Å². The van der Waals surface area contributed by atoms with E-state index in [1.807, 2.05) is 12.1 Å². The first kappa shape index (κ1) is 21.3. The molecule has 0 spiro atoms. The highest BCUT2D eigenvalue weighted by molar-refractivity contribution is 5.67. The molecule has 1 atom stereocenters. The fourth-order valence-electron chi connectivity index (χ4n) is 4.08. The third kappa shape index (κ3) is 6.54. The molecule has 2 N–H and O–H groups in total. The lowest BCUT2D eigenvalue weighted by molar-refractivity contribution is -0.137. The molecule has 7 nitrogen and oxygen atoms in total. The molecule has 0 amide bonds. The topological polar surface area (TPSA) is 101 Å². The molecule has 0 radical (unpaired) electrons. The first-order valence-corrected chi connectivity index (χ1v) is 10.8. The predicted molar refractivity (Wildman–Crippen MR) is 112 cm³/mol. The number of hydrogen-bond donors (Lipinski definition) is 2. The van der Waals surface area contributed by atoms with Crippen LogP contribution in [0.2, 0.25) is 0 Å². The van der Waals surface area contributed by atoms with Crippen LogP contribution in [0.25, 0.3) is 11.4 Å². The van der Waals surface area contributed by atoms with Crippen molar-refractivity contribution in [3.8, 4) is 11.4 Å². The van der Waals surface area contributed by atoms with E-state index in [-0.39, 0.29) is 12.3 Å². The summed E-state index contributed by atoms with van der Waals surface area (Å²) >= 11 is 0. The molecule has 7 heteroatoms. The Morgan fingerprint density at radius 1 is 1.28 bits per heavy atom. The summed E-state index contributed by atoms with van der Waals surface area (Å²) in [5.41, 5.74) is 0.755. The third-order valence-corrected chi connectivity index (χ3v) is 5.56. The van der Waals surface area contributed by atoms with E-state index in [9.17, 15) is 9.90 Å². The SMILES string of the molecule is CC(C)Nc1ccc(-c2noc([C@H](CCCC3CCCCC3)CC(=O)O)n2)cn1. The first-order valence-electron chi connectivity index (χ1n) is 10.8. The number of carboxylic acid groups (broad SMARTS) is 1. The van der Waals surface area contributed by atoms with E-state index in [0.717, 1.165) is 36.6 Å². The summed E-state index contributed by atoms with van der Waals surface area (Å²) in [6, 6.07) is 4.07. The Morgan fingerprint density at radius 3 is 2.72 bits per heavy atom. The summed E-state index contributed by atoms with van der Waals surface area (Å²) in [5.74, 6) is 1.36. The van der Waals surface area contributed by atoms with Crippen molar-refractivity contribution in [1.82, 2.24) is 15.1 Å². The third-order valence-electron chi connectivity index (χ3n) is 5.56. The van der Waals surface area contributed by atoms with Gasteiger partial charge >= 0.3 is 5.97 Å². The quantitative estimate of drug-likeness (QED) is 0.561. The predicted octanol–water partition coefficient (Wildman–Crippen LogP) is 5.26. The molecule has 1 aliphatic carbocycles. The van der Waals surface area contributed by atoms with Crippen molar-refractivity contribution in [2.24, 2.45) is 5.92 Å². The maximum Gasteiger partial charge on any atom is 0.304 e. The van der Waals surface area contributed by atoms with Crippen LogP contribution in [-0.4, -0.2) is 32.2 Å². The molecule has 2 heterocycles. The molecule has 1 aliphatic rings. The van der Waals surface area contributed by atoms with Crippen molar-refractivity contribution in [2.45, 2.75) is 83.6 Å². The number of hydrogen-bond acceptors (Lipinski definition) is 6. The number of nitrogens with zero attached hydrogens (tertiary/aromatic N) is 3. The van der Waals surface area contributed by atoms with Crippen molar-refractivity contribution in [3.05, 3.63) is 24.2 Å².